The van der Waals surface area contributed by atoms with Crippen LogP contribution in [-0.4, -0.2) is 25.8 Å². The Bertz CT molecular complexity index is 1070. The second-order valence-corrected chi connectivity index (χ2v) is 9.74. The molecule has 0 unspecified atom stereocenters. The summed E-state index contributed by atoms with van der Waals surface area (Å²) in [7, 11) is -3.58. The lowest BCUT2D eigenvalue weighted by atomic mass is 10.1. The van der Waals surface area contributed by atoms with Crippen LogP contribution in [0.15, 0.2) is 70.3 Å². The Balaban J connectivity index is 1.63. The average molecular weight is 449 g/mol. The van der Waals surface area contributed by atoms with Crippen molar-refractivity contribution in [3.05, 3.63) is 82.2 Å². The minimum Gasteiger partial charge on any atom is -0.338 e. The zero-order valence-electron chi connectivity index (χ0n) is 15.8. The maximum Gasteiger partial charge on any atom is 0.271 e. The zero-order chi connectivity index (χ0) is 20.9. The molecule has 3 rings (SSSR count). The minimum atomic E-state index is -3.58. The molecule has 0 spiro atoms. The number of thiophene rings is 1. The van der Waals surface area contributed by atoms with Crippen molar-refractivity contribution in [3.8, 4) is 0 Å². The molecule has 0 saturated carbocycles. The van der Waals surface area contributed by atoms with Crippen LogP contribution in [0.3, 0.4) is 0 Å². The fraction of sp³-hybridized carbons (Fsp3) is 0.190. The lowest BCUT2D eigenvalue weighted by Gasteiger charge is -2.21. The van der Waals surface area contributed by atoms with Gasteiger partial charge in [0.25, 0.3) is 10.0 Å². The van der Waals surface area contributed by atoms with E-state index < -0.39 is 10.0 Å². The van der Waals surface area contributed by atoms with Crippen molar-refractivity contribution in [1.29, 1.82) is 0 Å². The second-order valence-electron chi connectivity index (χ2n) is 6.45. The number of sulfonamides is 1. The normalized spacial score (nSPS) is 11.2. The van der Waals surface area contributed by atoms with Crippen molar-refractivity contribution in [2.45, 2.75) is 24.1 Å². The van der Waals surface area contributed by atoms with Gasteiger partial charge >= 0.3 is 0 Å². The number of carbonyl (C=O) groups excluding carboxylic acids is 1. The molecule has 0 atom stereocenters. The standard InChI is InChI=1S/C21H21ClN2O3S2/c1-2-24(15-17-5-3-6-18(22)13-17)20(25)14-16-8-10-19(11-9-16)23-29(26,27)21-7-4-12-28-21/h3-13,23H,2,14-15H2,1H3. The lowest BCUT2D eigenvalue weighted by molar-refractivity contribution is -0.130. The zero-order valence-corrected chi connectivity index (χ0v) is 18.2. The third kappa shape index (κ3) is 5.82. The first-order valence-electron chi connectivity index (χ1n) is 9.05. The molecular weight excluding hydrogens is 428 g/mol. The Hall–Kier alpha value is -2.35. The maximum absolute atomic E-state index is 12.7. The Morgan fingerprint density at radius 1 is 1.07 bits per heavy atom. The predicted octanol–water partition coefficient (Wildman–Crippen LogP) is 4.79. The van der Waals surface area contributed by atoms with Gasteiger partial charge in [0.2, 0.25) is 5.91 Å². The summed E-state index contributed by atoms with van der Waals surface area (Å²) in [5.41, 5.74) is 2.26. The van der Waals surface area contributed by atoms with E-state index in [1.807, 2.05) is 25.1 Å². The molecule has 3 aromatic rings. The van der Waals surface area contributed by atoms with Crippen molar-refractivity contribution >= 4 is 44.6 Å². The Morgan fingerprint density at radius 2 is 1.83 bits per heavy atom. The van der Waals surface area contributed by atoms with Crippen molar-refractivity contribution in [1.82, 2.24) is 4.90 Å². The number of anilines is 1. The van der Waals surface area contributed by atoms with Crippen LogP contribution in [0, 0.1) is 0 Å². The average Bonchev–Trinajstić information content (AvgIpc) is 3.23. The number of amides is 1. The van der Waals surface area contributed by atoms with Crippen LogP contribution < -0.4 is 4.72 Å². The third-order valence-electron chi connectivity index (χ3n) is 4.32. The molecule has 0 aliphatic rings. The Kier molecular flexibility index (Phi) is 6.95. The Morgan fingerprint density at radius 3 is 2.45 bits per heavy atom. The largest absolute Gasteiger partial charge is 0.338 e. The van der Waals surface area contributed by atoms with Gasteiger partial charge in [-0.05, 0) is 53.8 Å². The van der Waals surface area contributed by atoms with Crippen LogP contribution in [0.2, 0.25) is 5.02 Å². The maximum atomic E-state index is 12.7. The van der Waals surface area contributed by atoms with E-state index in [-0.39, 0.29) is 16.5 Å². The van der Waals surface area contributed by atoms with Gasteiger partial charge in [-0.25, -0.2) is 8.42 Å². The summed E-state index contributed by atoms with van der Waals surface area (Å²) >= 11 is 7.18. The van der Waals surface area contributed by atoms with Crippen LogP contribution in [0.4, 0.5) is 5.69 Å². The molecule has 2 aromatic carbocycles. The lowest BCUT2D eigenvalue weighted by Crippen LogP contribution is -2.31. The SMILES string of the molecule is CCN(Cc1cccc(Cl)c1)C(=O)Cc1ccc(NS(=O)(=O)c2cccs2)cc1. The molecular formula is C21H21ClN2O3S2. The predicted molar refractivity (Wildman–Crippen MR) is 118 cm³/mol. The van der Waals surface area contributed by atoms with Gasteiger partial charge < -0.3 is 4.90 Å². The number of hydrogen-bond donors (Lipinski definition) is 1. The van der Waals surface area contributed by atoms with Gasteiger partial charge in [0.1, 0.15) is 4.21 Å². The number of nitrogens with one attached hydrogen (secondary N) is 1. The topological polar surface area (TPSA) is 66.5 Å². The van der Waals surface area contributed by atoms with Crippen molar-refractivity contribution in [2.24, 2.45) is 0 Å². The first kappa shape index (κ1) is 21.4. The van der Waals surface area contributed by atoms with E-state index in [4.69, 9.17) is 11.6 Å². The van der Waals surface area contributed by atoms with Gasteiger partial charge in [0.05, 0.1) is 6.42 Å². The van der Waals surface area contributed by atoms with Crippen LogP contribution >= 0.6 is 22.9 Å². The molecule has 0 aliphatic carbocycles. The van der Waals surface area contributed by atoms with E-state index in [1.165, 1.54) is 0 Å². The number of rotatable bonds is 8. The molecule has 0 saturated heterocycles. The van der Waals surface area contributed by atoms with Crippen LogP contribution in [0.1, 0.15) is 18.1 Å². The Labute approximate surface area is 180 Å². The minimum absolute atomic E-state index is 0.000563. The highest BCUT2D eigenvalue weighted by atomic mass is 35.5. The molecule has 0 bridgehead atoms. The molecule has 1 N–H and O–H groups in total. The molecule has 152 valence electrons. The van der Waals surface area contributed by atoms with Gasteiger partial charge in [-0.1, -0.05) is 41.9 Å². The van der Waals surface area contributed by atoms with Gasteiger partial charge in [0.15, 0.2) is 0 Å². The first-order chi connectivity index (χ1) is 13.9. The highest BCUT2D eigenvalue weighted by molar-refractivity contribution is 7.94. The van der Waals surface area contributed by atoms with Gasteiger partial charge in [-0.15, -0.1) is 11.3 Å². The molecule has 0 radical (unpaired) electrons. The van der Waals surface area contributed by atoms with E-state index >= 15 is 0 Å². The van der Waals surface area contributed by atoms with Gasteiger partial charge in [-0.3, -0.25) is 9.52 Å². The summed E-state index contributed by atoms with van der Waals surface area (Å²) < 4.78 is 27.4. The molecule has 1 heterocycles. The van der Waals surface area contributed by atoms with Crippen LogP contribution in [-0.2, 0) is 27.8 Å². The molecule has 1 amide bonds. The van der Waals surface area contributed by atoms with E-state index in [9.17, 15) is 13.2 Å². The first-order valence-corrected chi connectivity index (χ1v) is 11.8. The number of carbonyl (C=O) groups is 1. The summed E-state index contributed by atoms with van der Waals surface area (Å²) in [6.07, 6.45) is 0.242. The van der Waals surface area contributed by atoms with E-state index in [0.29, 0.717) is 23.8 Å². The summed E-state index contributed by atoms with van der Waals surface area (Å²) in [5, 5.41) is 2.36. The van der Waals surface area contributed by atoms with Gasteiger partial charge in [-0.2, -0.15) is 0 Å². The smallest absolute Gasteiger partial charge is 0.271 e. The molecule has 5 nitrogen and oxygen atoms in total. The summed E-state index contributed by atoms with van der Waals surface area (Å²) in [4.78, 5) is 14.4. The highest BCUT2D eigenvalue weighted by Gasteiger charge is 2.16. The summed E-state index contributed by atoms with van der Waals surface area (Å²) in [6.45, 7) is 3.02. The molecule has 29 heavy (non-hydrogen) atoms. The quantitative estimate of drug-likeness (QED) is 0.538. The van der Waals surface area contributed by atoms with E-state index in [0.717, 1.165) is 22.5 Å². The number of nitrogens with zero attached hydrogens (tertiary/aromatic N) is 1. The fourth-order valence-electron chi connectivity index (χ4n) is 2.83. The fourth-order valence-corrected chi connectivity index (χ4v) is 5.10. The third-order valence-corrected chi connectivity index (χ3v) is 7.33. The highest BCUT2D eigenvalue weighted by Crippen LogP contribution is 2.21. The van der Waals surface area contributed by atoms with E-state index in [2.05, 4.69) is 4.72 Å². The van der Waals surface area contributed by atoms with Crippen molar-refractivity contribution in [3.63, 3.8) is 0 Å². The number of likely N-dealkylation sites (N-methyl/N-ethyl adjacent to an activating group) is 1. The summed E-state index contributed by atoms with van der Waals surface area (Å²) in [5.74, 6) is -0.000563. The van der Waals surface area contributed by atoms with Gasteiger partial charge in [0, 0.05) is 23.8 Å². The van der Waals surface area contributed by atoms with Crippen LogP contribution in [0.25, 0.3) is 0 Å². The molecule has 8 heteroatoms. The van der Waals surface area contributed by atoms with E-state index in [1.54, 1.807) is 52.7 Å². The van der Waals surface area contributed by atoms with Crippen LogP contribution in [0.5, 0.6) is 0 Å². The number of halogens is 1. The van der Waals surface area contributed by atoms with Crippen molar-refractivity contribution in [2.75, 3.05) is 11.3 Å². The number of benzene rings is 2. The summed E-state index contributed by atoms with van der Waals surface area (Å²) in [6, 6.07) is 17.6. The monoisotopic (exact) mass is 448 g/mol. The van der Waals surface area contributed by atoms with Crippen molar-refractivity contribution < 1.29 is 13.2 Å². The molecule has 1 aromatic heterocycles. The number of hydrogen-bond acceptors (Lipinski definition) is 4. The second kappa shape index (κ2) is 9.43. The molecule has 0 aliphatic heterocycles. The molecule has 0 fully saturated rings.